The van der Waals surface area contributed by atoms with E-state index in [2.05, 4.69) is 4.74 Å². The molecular weight excluding hydrogens is 124 g/mol. The Morgan fingerprint density at radius 3 is 2.78 bits per heavy atom. The second kappa shape index (κ2) is 3.85. The standard InChI is InChI=1S/C4H8N2O3/c1-3(5)9-4(8)6-2-7/h2-3H,5H2,1H3,(H,6,7,8). The van der Waals surface area contributed by atoms with E-state index in [1.54, 1.807) is 5.32 Å². The van der Waals surface area contributed by atoms with Gasteiger partial charge in [-0.25, -0.2) is 4.79 Å². The predicted molar refractivity (Wildman–Crippen MR) is 29.3 cm³/mol. The van der Waals surface area contributed by atoms with Crippen molar-refractivity contribution in [3.05, 3.63) is 0 Å². The number of carbonyl (C=O) groups excluding carboxylic acids is 2. The van der Waals surface area contributed by atoms with Crippen molar-refractivity contribution in [2.45, 2.75) is 13.2 Å². The van der Waals surface area contributed by atoms with Gasteiger partial charge in [0.15, 0.2) is 0 Å². The zero-order valence-corrected chi connectivity index (χ0v) is 4.96. The summed E-state index contributed by atoms with van der Waals surface area (Å²) in [5.74, 6) is 0. The molecule has 52 valence electrons. The number of rotatable bonds is 2. The maximum atomic E-state index is 10.2. The summed E-state index contributed by atoms with van der Waals surface area (Å²) in [6.07, 6.45) is -1.30. The van der Waals surface area contributed by atoms with Crippen LogP contribution in [0.1, 0.15) is 6.92 Å². The fourth-order valence-electron chi connectivity index (χ4n) is 0.251. The smallest absolute Gasteiger partial charge is 0.415 e. The number of amides is 2. The first-order chi connectivity index (χ1) is 4.16. The third kappa shape index (κ3) is 4.76. The van der Waals surface area contributed by atoms with Crippen molar-refractivity contribution >= 4 is 12.5 Å². The van der Waals surface area contributed by atoms with Crippen LogP contribution in [0.2, 0.25) is 0 Å². The minimum Gasteiger partial charge on any atom is -0.431 e. The summed E-state index contributed by atoms with van der Waals surface area (Å²) in [6, 6.07) is 0. The van der Waals surface area contributed by atoms with Crippen molar-refractivity contribution in [1.29, 1.82) is 0 Å². The van der Waals surface area contributed by atoms with Crippen LogP contribution in [-0.4, -0.2) is 18.7 Å². The van der Waals surface area contributed by atoms with Crippen LogP contribution in [0, 0.1) is 0 Å². The first-order valence-corrected chi connectivity index (χ1v) is 2.33. The molecule has 0 heterocycles. The van der Waals surface area contributed by atoms with Gasteiger partial charge in [0.1, 0.15) is 6.23 Å². The maximum absolute atomic E-state index is 10.2. The van der Waals surface area contributed by atoms with Gasteiger partial charge in [-0.2, -0.15) is 0 Å². The highest BCUT2D eigenvalue weighted by Crippen LogP contribution is 1.78. The Bertz CT molecular complexity index is 112. The highest BCUT2D eigenvalue weighted by molar-refractivity contribution is 5.79. The minimum atomic E-state index is -0.833. The Hall–Kier alpha value is -1.10. The number of carbonyl (C=O) groups is 2. The topological polar surface area (TPSA) is 81.4 Å². The minimum absolute atomic E-state index is 0.227. The summed E-state index contributed by atoms with van der Waals surface area (Å²) in [4.78, 5) is 19.8. The molecule has 0 aromatic rings. The molecule has 0 saturated heterocycles. The van der Waals surface area contributed by atoms with Gasteiger partial charge in [-0.1, -0.05) is 0 Å². The number of hydrogen-bond donors (Lipinski definition) is 2. The number of hydrogen-bond acceptors (Lipinski definition) is 4. The third-order valence-electron chi connectivity index (χ3n) is 0.470. The van der Waals surface area contributed by atoms with E-state index >= 15 is 0 Å². The molecule has 0 radical (unpaired) electrons. The molecule has 9 heavy (non-hydrogen) atoms. The molecule has 1 atom stereocenters. The van der Waals surface area contributed by atoms with E-state index in [-0.39, 0.29) is 6.41 Å². The molecule has 0 aliphatic heterocycles. The number of ether oxygens (including phenoxy) is 1. The molecule has 2 amide bonds. The molecule has 0 aliphatic rings. The van der Waals surface area contributed by atoms with E-state index < -0.39 is 12.3 Å². The molecule has 0 aliphatic carbocycles. The van der Waals surface area contributed by atoms with Crippen LogP contribution in [0.15, 0.2) is 0 Å². The summed E-state index contributed by atoms with van der Waals surface area (Å²) >= 11 is 0. The molecule has 5 heteroatoms. The monoisotopic (exact) mass is 132 g/mol. The van der Waals surface area contributed by atoms with Crippen molar-refractivity contribution in [2.75, 3.05) is 0 Å². The summed E-state index contributed by atoms with van der Waals surface area (Å²) in [5, 5.41) is 1.76. The van der Waals surface area contributed by atoms with Gasteiger partial charge in [-0.15, -0.1) is 0 Å². The Morgan fingerprint density at radius 1 is 1.89 bits per heavy atom. The zero-order chi connectivity index (χ0) is 7.28. The highest BCUT2D eigenvalue weighted by Gasteiger charge is 2.00. The molecule has 3 N–H and O–H groups in total. The number of nitrogens with two attached hydrogens (primary N) is 1. The molecule has 0 fully saturated rings. The second-order valence-corrected chi connectivity index (χ2v) is 1.37. The molecular formula is C4H8N2O3. The van der Waals surface area contributed by atoms with E-state index in [4.69, 9.17) is 5.73 Å². The van der Waals surface area contributed by atoms with Crippen LogP contribution < -0.4 is 11.1 Å². The van der Waals surface area contributed by atoms with Crippen LogP contribution in [-0.2, 0) is 9.53 Å². The lowest BCUT2D eigenvalue weighted by Gasteiger charge is -2.04. The highest BCUT2D eigenvalue weighted by atomic mass is 16.6. The van der Waals surface area contributed by atoms with Gasteiger partial charge < -0.3 is 4.74 Å². The van der Waals surface area contributed by atoms with Gasteiger partial charge >= 0.3 is 6.09 Å². The van der Waals surface area contributed by atoms with Gasteiger partial charge in [0.2, 0.25) is 6.41 Å². The van der Waals surface area contributed by atoms with Crippen LogP contribution in [0.3, 0.4) is 0 Å². The second-order valence-electron chi connectivity index (χ2n) is 1.37. The first kappa shape index (κ1) is 7.90. The average molecular weight is 132 g/mol. The van der Waals surface area contributed by atoms with Crippen LogP contribution >= 0.6 is 0 Å². The SMILES string of the molecule is CC(N)OC(=O)NC=O. The number of imide groups is 1. The van der Waals surface area contributed by atoms with Crippen molar-refractivity contribution in [3.63, 3.8) is 0 Å². The van der Waals surface area contributed by atoms with Crippen LogP contribution in [0.5, 0.6) is 0 Å². The van der Waals surface area contributed by atoms with Gasteiger partial charge in [-0.05, 0) is 6.92 Å². The lowest BCUT2D eigenvalue weighted by molar-refractivity contribution is -0.109. The van der Waals surface area contributed by atoms with Gasteiger partial charge in [0.05, 0.1) is 0 Å². The van der Waals surface area contributed by atoms with Crippen molar-refractivity contribution in [2.24, 2.45) is 5.73 Å². The quantitative estimate of drug-likeness (QED) is 0.379. The Morgan fingerprint density at radius 2 is 2.44 bits per heavy atom. The van der Waals surface area contributed by atoms with Crippen LogP contribution in [0.25, 0.3) is 0 Å². The molecule has 0 aromatic heterocycles. The lowest BCUT2D eigenvalue weighted by atomic mass is 10.7. The predicted octanol–water partition coefficient (Wildman–Crippen LogP) is -0.826. The van der Waals surface area contributed by atoms with Crippen molar-refractivity contribution in [1.82, 2.24) is 5.32 Å². The summed E-state index contributed by atoms with van der Waals surface area (Å²) in [6.45, 7) is 1.48. The first-order valence-electron chi connectivity index (χ1n) is 2.33. The molecule has 0 bridgehead atoms. The van der Waals surface area contributed by atoms with Crippen molar-refractivity contribution in [3.8, 4) is 0 Å². The Balaban J connectivity index is 3.38. The number of nitrogens with one attached hydrogen (secondary N) is 1. The van der Waals surface area contributed by atoms with Crippen LogP contribution in [0.4, 0.5) is 4.79 Å². The van der Waals surface area contributed by atoms with E-state index in [1.165, 1.54) is 6.92 Å². The normalized spacial score (nSPS) is 11.8. The van der Waals surface area contributed by atoms with E-state index in [0.29, 0.717) is 0 Å². The Kier molecular flexibility index (Phi) is 3.38. The largest absolute Gasteiger partial charge is 0.431 e. The third-order valence-corrected chi connectivity index (χ3v) is 0.470. The van der Waals surface area contributed by atoms with Gasteiger partial charge in [0.25, 0.3) is 0 Å². The van der Waals surface area contributed by atoms with E-state index in [9.17, 15) is 9.59 Å². The van der Waals surface area contributed by atoms with Gasteiger partial charge in [-0.3, -0.25) is 15.8 Å². The average Bonchev–Trinajstić information content (AvgIpc) is 1.63. The molecule has 0 spiro atoms. The fraction of sp³-hybridized carbons (Fsp3) is 0.500. The molecule has 0 aromatic carbocycles. The zero-order valence-electron chi connectivity index (χ0n) is 4.96. The molecule has 0 rings (SSSR count). The Labute approximate surface area is 52.2 Å². The molecule has 0 saturated carbocycles. The fourth-order valence-corrected chi connectivity index (χ4v) is 0.251. The van der Waals surface area contributed by atoms with Crippen molar-refractivity contribution < 1.29 is 14.3 Å². The lowest BCUT2D eigenvalue weighted by Crippen LogP contribution is -2.30. The summed E-state index contributed by atoms with van der Waals surface area (Å²) in [7, 11) is 0. The van der Waals surface area contributed by atoms with Gasteiger partial charge in [0, 0.05) is 0 Å². The summed E-state index contributed by atoms with van der Waals surface area (Å²) < 4.78 is 4.29. The maximum Gasteiger partial charge on any atom is 0.415 e. The number of alkyl carbamates (subject to hydrolysis) is 1. The molecule has 5 nitrogen and oxygen atoms in total. The van der Waals surface area contributed by atoms with E-state index in [1.807, 2.05) is 0 Å². The molecule has 1 unspecified atom stereocenters. The summed E-state index contributed by atoms with van der Waals surface area (Å²) in [5.41, 5.74) is 5.02. The van der Waals surface area contributed by atoms with E-state index in [0.717, 1.165) is 0 Å².